The number of hydrogen-bond acceptors (Lipinski definition) is 2. The molecule has 0 N–H and O–H groups in total. The quantitative estimate of drug-likeness (QED) is 0.173. The molecule has 5 aromatic carbocycles. The molecule has 2 aliphatic heterocycles. The molecule has 9 rings (SSSR count). The predicted molar refractivity (Wildman–Crippen MR) is 220 cm³/mol. The van der Waals surface area contributed by atoms with Gasteiger partial charge in [-0.2, -0.15) is 0 Å². The van der Waals surface area contributed by atoms with E-state index in [9.17, 15) is 0 Å². The topological polar surface area (TPSA) is 6.48 Å². The maximum absolute atomic E-state index is 2.68. The minimum Gasteiger partial charge on any atom is -0.376 e. The Morgan fingerprint density at radius 2 is 1.02 bits per heavy atom. The van der Waals surface area contributed by atoms with E-state index in [0.29, 0.717) is 0 Å². The van der Waals surface area contributed by atoms with E-state index in [0.717, 1.165) is 0 Å². The summed E-state index contributed by atoms with van der Waals surface area (Å²) >= 11 is 0. The van der Waals surface area contributed by atoms with Gasteiger partial charge in [-0.15, -0.1) is 0 Å². The van der Waals surface area contributed by atoms with E-state index >= 15 is 0 Å². The lowest BCUT2D eigenvalue weighted by atomic mass is 9.43. The van der Waals surface area contributed by atoms with E-state index in [1.54, 1.807) is 0 Å². The predicted octanol–water partition coefficient (Wildman–Crippen LogP) is 11.7. The summed E-state index contributed by atoms with van der Waals surface area (Å²) in [5.74, 6) is 0. The van der Waals surface area contributed by atoms with Gasteiger partial charge in [0.05, 0.1) is 0 Å². The third kappa shape index (κ3) is 4.69. The molecule has 0 fully saturated rings. The highest BCUT2D eigenvalue weighted by atomic mass is 15.2. The van der Waals surface area contributed by atoms with Gasteiger partial charge < -0.3 is 9.71 Å². The Bertz CT molecular complexity index is 2260. The van der Waals surface area contributed by atoms with E-state index in [4.69, 9.17) is 0 Å². The van der Waals surface area contributed by atoms with E-state index in [1.165, 1.54) is 110 Å². The van der Waals surface area contributed by atoms with Gasteiger partial charge in [-0.1, -0.05) is 104 Å². The van der Waals surface area contributed by atoms with E-state index in [1.807, 2.05) is 0 Å². The number of para-hydroxylation sites is 2. The van der Waals surface area contributed by atoms with Crippen molar-refractivity contribution in [2.75, 3.05) is 9.71 Å². The average Bonchev–Trinajstić information content (AvgIpc) is 3.09. The molecule has 2 aliphatic carbocycles. The number of anilines is 5. The summed E-state index contributed by atoms with van der Waals surface area (Å²) in [6.45, 7) is 24.3. The van der Waals surface area contributed by atoms with Crippen LogP contribution in [0.1, 0.15) is 114 Å². The van der Waals surface area contributed by atoms with Gasteiger partial charge in [0.15, 0.2) is 0 Å². The zero-order valence-corrected chi connectivity index (χ0v) is 32.5. The maximum Gasteiger partial charge on any atom is 0.333 e. The van der Waals surface area contributed by atoms with Gasteiger partial charge in [-0.05, 0) is 154 Å². The summed E-state index contributed by atoms with van der Waals surface area (Å²) in [6, 6.07) is 35.7. The lowest BCUT2D eigenvalue weighted by Crippen LogP contribution is -2.61. The van der Waals surface area contributed by atoms with Gasteiger partial charge in [-0.3, -0.25) is 0 Å². The van der Waals surface area contributed by atoms with Crippen molar-refractivity contribution in [2.24, 2.45) is 0 Å². The molecule has 2 heterocycles. The highest BCUT2D eigenvalue weighted by Crippen LogP contribution is 2.54. The van der Waals surface area contributed by atoms with Gasteiger partial charge in [0, 0.05) is 34.0 Å². The van der Waals surface area contributed by atoms with E-state index in [-0.39, 0.29) is 28.5 Å². The number of nitrogens with zero attached hydrogens (tertiary/aromatic N) is 2. The molecule has 3 heteroatoms. The van der Waals surface area contributed by atoms with Crippen LogP contribution >= 0.6 is 0 Å². The molecule has 0 saturated carbocycles. The number of benzene rings is 5. The Labute approximate surface area is 307 Å². The molecular formula is C48H53BN2. The summed E-state index contributed by atoms with van der Waals surface area (Å²) in [5.41, 5.74) is 21.2. The van der Waals surface area contributed by atoms with Crippen LogP contribution in [0.5, 0.6) is 0 Å². The second-order valence-electron chi connectivity index (χ2n) is 18.9. The van der Waals surface area contributed by atoms with Crippen LogP contribution in [0.2, 0.25) is 0 Å². The maximum atomic E-state index is 2.68. The van der Waals surface area contributed by atoms with Crippen LogP contribution in [0.3, 0.4) is 0 Å². The zero-order chi connectivity index (χ0) is 35.8. The fourth-order valence-corrected chi connectivity index (χ4v) is 10.2. The van der Waals surface area contributed by atoms with E-state index in [2.05, 4.69) is 170 Å². The SMILES string of the molecule is Cc1cc2c3c(c1)N(c1cc4c(cc1C)C(C)(C)CCC4(C)C)c1ccccc1B3N(c1ccccc1)c1cc3c(cc1-2)C(C)(C)CCC3(C)C. The van der Waals surface area contributed by atoms with Crippen LogP contribution in [-0.4, -0.2) is 6.85 Å². The Balaban J connectivity index is 1.38. The summed E-state index contributed by atoms with van der Waals surface area (Å²) in [7, 11) is 0. The number of hydrogen-bond donors (Lipinski definition) is 0. The van der Waals surface area contributed by atoms with Crippen LogP contribution in [0.15, 0.2) is 91.0 Å². The molecule has 5 aromatic rings. The van der Waals surface area contributed by atoms with Crippen molar-refractivity contribution in [3.05, 3.63) is 124 Å². The number of rotatable bonds is 2. The fraction of sp³-hybridized carbons (Fsp3) is 0.375. The largest absolute Gasteiger partial charge is 0.376 e. The molecule has 0 atom stereocenters. The van der Waals surface area contributed by atoms with Gasteiger partial charge in [0.25, 0.3) is 0 Å². The summed E-state index contributed by atoms with van der Waals surface area (Å²) in [6.07, 6.45) is 4.83. The lowest BCUT2D eigenvalue weighted by Gasteiger charge is -2.48. The van der Waals surface area contributed by atoms with Crippen molar-refractivity contribution in [3.63, 3.8) is 0 Å². The lowest BCUT2D eigenvalue weighted by molar-refractivity contribution is 0.332. The van der Waals surface area contributed by atoms with Crippen molar-refractivity contribution >= 4 is 46.2 Å². The molecule has 0 radical (unpaired) electrons. The molecule has 0 amide bonds. The highest BCUT2D eigenvalue weighted by molar-refractivity contribution is 6.93. The van der Waals surface area contributed by atoms with Crippen molar-refractivity contribution in [1.29, 1.82) is 0 Å². The Kier molecular flexibility index (Phi) is 6.82. The first-order valence-electron chi connectivity index (χ1n) is 19.3. The Morgan fingerprint density at radius 1 is 0.490 bits per heavy atom. The van der Waals surface area contributed by atoms with Gasteiger partial charge >= 0.3 is 6.85 Å². The van der Waals surface area contributed by atoms with Gasteiger partial charge in [0.2, 0.25) is 0 Å². The number of aryl methyl sites for hydroxylation is 2. The van der Waals surface area contributed by atoms with Crippen LogP contribution in [0.4, 0.5) is 28.4 Å². The number of fused-ring (bicyclic) bond motifs is 6. The van der Waals surface area contributed by atoms with Crippen LogP contribution in [-0.2, 0) is 21.7 Å². The molecule has 4 aliphatic rings. The average molecular weight is 669 g/mol. The molecule has 2 nitrogen and oxygen atoms in total. The minimum atomic E-state index is 0.0454. The molecule has 51 heavy (non-hydrogen) atoms. The third-order valence-corrected chi connectivity index (χ3v) is 13.5. The molecular weight excluding hydrogens is 615 g/mol. The molecule has 0 aromatic heterocycles. The molecule has 0 bridgehead atoms. The first-order valence-corrected chi connectivity index (χ1v) is 19.3. The Morgan fingerprint density at radius 3 is 1.65 bits per heavy atom. The van der Waals surface area contributed by atoms with Crippen LogP contribution < -0.4 is 20.6 Å². The standard InChI is InChI=1S/C48H53BN2/c1-30-24-34-33-27-36-38(48(9,10)23-21-46(36,5)6)29-42(33)51(32-16-12-11-13-17-32)49-39-18-14-15-19-40(39)50(43(25-30)44(34)49)41-28-37-35(26-31(41)2)45(3,4)20-22-47(37,7)8/h11-19,24-29H,20-23H2,1-10H3. The first-order chi connectivity index (χ1) is 24.1. The molecule has 0 saturated heterocycles. The summed E-state index contributed by atoms with van der Waals surface area (Å²) in [5, 5.41) is 0. The van der Waals surface area contributed by atoms with Gasteiger partial charge in [0.1, 0.15) is 0 Å². The first kappa shape index (κ1) is 32.7. The van der Waals surface area contributed by atoms with Crippen molar-refractivity contribution in [1.82, 2.24) is 0 Å². The second-order valence-corrected chi connectivity index (χ2v) is 18.9. The fourth-order valence-electron chi connectivity index (χ4n) is 10.2. The zero-order valence-electron chi connectivity index (χ0n) is 32.5. The van der Waals surface area contributed by atoms with Crippen LogP contribution in [0.25, 0.3) is 11.1 Å². The van der Waals surface area contributed by atoms with Gasteiger partial charge in [-0.25, -0.2) is 0 Å². The normalized spacial score (nSPS) is 19.8. The second kappa shape index (κ2) is 10.7. The Hall–Kier alpha value is -4.24. The summed E-state index contributed by atoms with van der Waals surface area (Å²) < 4.78 is 0. The van der Waals surface area contributed by atoms with Crippen LogP contribution in [0, 0.1) is 13.8 Å². The monoisotopic (exact) mass is 668 g/mol. The summed E-state index contributed by atoms with van der Waals surface area (Å²) in [4.78, 5) is 5.31. The molecule has 0 spiro atoms. The molecule has 0 unspecified atom stereocenters. The van der Waals surface area contributed by atoms with Crippen molar-refractivity contribution in [2.45, 2.75) is 117 Å². The van der Waals surface area contributed by atoms with Crippen molar-refractivity contribution < 1.29 is 0 Å². The highest BCUT2D eigenvalue weighted by Gasteiger charge is 2.47. The molecule has 258 valence electrons. The minimum absolute atomic E-state index is 0.0454. The van der Waals surface area contributed by atoms with E-state index < -0.39 is 0 Å². The van der Waals surface area contributed by atoms with Crippen molar-refractivity contribution in [3.8, 4) is 11.1 Å². The smallest absolute Gasteiger partial charge is 0.333 e. The third-order valence-electron chi connectivity index (χ3n) is 13.5.